The molecule has 1 amide bonds. The number of phenols is 1. The van der Waals surface area contributed by atoms with E-state index in [1.165, 1.54) is 12.8 Å². The van der Waals surface area contributed by atoms with E-state index in [-0.39, 0.29) is 17.1 Å². The van der Waals surface area contributed by atoms with Gasteiger partial charge in [-0.3, -0.25) is 9.89 Å². The largest absolute Gasteiger partial charge is 0.508 e. The van der Waals surface area contributed by atoms with Gasteiger partial charge in [0.1, 0.15) is 11.4 Å². The first-order chi connectivity index (χ1) is 11.3. The minimum atomic E-state index is -0.0657. The van der Waals surface area contributed by atoms with E-state index in [0.29, 0.717) is 18.2 Å². The second-order valence-electron chi connectivity index (χ2n) is 7.71. The number of hydrogen-bond donors (Lipinski definition) is 2. The smallest absolute Gasteiger partial charge is 0.274 e. The van der Waals surface area contributed by atoms with Crippen molar-refractivity contribution in [3.05, 3.63) is 47.3 Å². The molecule has 1 fully saturated rings. The highest BCUT2D eigenvalue weighted by Crippen LogP contribution is 2.31. The molecule has 0 atom stereocenters. The van der Waals surface area contributed by atoms with E-state index >= 15 is 0 Å². The maximum atomic E-state index is 12.9. The molecule has 1 heterocycles. The van der Waals surface area contributed by atoms with Crippen LogP contribution in [0.15, 0.2) is 30.3 Å². The van der Waals surface area contributed by atoms with Gasteiger partial charge in [-0.25, -0.2) is 0 Å². The molecule has 2 N–H and O–H groups in total. The summed E-state index contributed by atoms with van der Waals surface area (Å²) in [6.45, 7) is 7.57. The summed E-state index contributed by atoms with van der Waals surface area (Å²) >= 11 is 0. The van der Waals surface area contributed by atoms with Gasteiger partial charge in [0, 0.05) is 24.2 Å². The fourth-order valence-corrected chi connectivity index (χ4v) is 2.63. The van der Waals surface area contributed by atoms with E-state index in [1.54, 1.807) is 12.1 Å². The molecule has 1 aromatic carbocycles. The predicted octanol–water partition coefficient (Wildman–Crippen LogP) is 3.47. The third-order valence-corrected chi connectivity index (χ3v) is 4.38. The second-order valence-corrected chi connectivity index (χ2v) is 7.71. The van der Waals surface area contributed by atoms with Crippen LogP contribution in [0, 0.1) is 5.92 Å². The normalized spacial score (nSPS) is 14.6. The van der Waals surface area contributed by atoms with E-state index in [4.69, 9.17) is 0 Å². The quantitative estimate of drug-likeness (QED) is 0.883. The highest BCUT2D eigenvalue weighted by atomic mass is 16.3. The number of carbonyl (C=O) groups excluding carboxylic acids is 1. The Labute approximate surface area is 142 Å². The molecule has 5 nitrogen and oxygen atoms in total. The van der Waals surface area contributed by atoms with Crippen LogP contribution in [-0.2, 0) is 12.0 Å². The fourth-order valence-electron chi connectivity index (χ4n) is 2.63. The van der Waals surface area contributed by atoms with E-state index in [2.05, 4.69) is 31.0 Å². The molecule has 0 bridgehead atoms. The van der Waals surface area contributed by atoms with Crippen LogP contribution in [0.1, 0.15) is 55.4 Å². The van der Waals surface area contributed by atoms with Crippen molar-refractivity contribution in [2.45, 2.75) is 45.6 Å². The Morgan fingerprint density at radius 2 is 1.96 bits per heavy atom. The summed E-state index contributed by atoms with van der Waals surface area (Å²) in [6, 6.07) is 8.88. The molecule has 128 valence electrons. The third kappa shape index (κ3) is 3.96. The van der Waals surface area contributed by atoms with E-state index in [0.717, 1.165) is 17.8 Å². The summed E-state index contributed by atoms with van der Waals surface area (Å²) in [7, 11) is 0. The lowest BCUT2D eigenvalue weighted by Gasteiger charge is -2.22. The summed E-state index contributed by atoms with van der Waals surface area (Å²) in [5, 5.41) is 16.6. The Balaban J connectivity index is 1.78. The average molecular weight is 327 g/mol. The van der Waals surface area contributed by atoms with Gasteiger partial charge in [0.05, 0.1) is 0 Å². The molecule has 3 rings (SSSR count). The highest BCUT2D eigenvalue weighted by Gasteiger charge is 2.29. The maximum absolute atomic E-state index is 12.9. The number of nitrogens with one attached hydrogen (secondary N) is 1. The Morgan fingerprint density at radius 1 is 1.29 bits per heavy atom. The number of aromatic amines is 1. The number of rotatable bonds is 5. The van der Waals surface area contributed by atoms with Gasteiger partial charge in [0.25, 0.3) is 5.91 Å². The van der Waals surface area contributed by atoms with Crippen molar-refractivity contribution in [2.75, 3.05) is 6.54 Å². The van der Waals surface area contributed by atoms with Gasteiger partial charge < -0.3 is 10.0 Å². The summed E-state index contributed by atoms with van der Waals surface area (Å²) in [5.41, 5.74) is 2.37. The molecule has 0 aliphatic heterocycles. The Hall–Kier alpha value is -2.30. The van der Waals surface area contributed by atoms with E-state index in [1.807, 2.05) is 23.1 Å². The lowest BCUT2D eigenvalue weighted by atomic mass is 9.92. The maximum Gasteiger partial charge on any atom is 0.274 e. The lowest BCUT2D eigenvalue weighted by Crippen LogP contribution is -2.32. The van der Waals surface area contributed by atoms with Crippen molar-refractivity contribution in [1.82, 2.24) is 15.1 Å². The summed E-state index contributed by atoms with van der Waals surface area (Å²) in [5.74, 6) is 0.801. The minimum Gasteiger partial charge on any atom is -0.508 e. The monoisotopic (exact) mass is 327 g/mol. The highest BCUT2D eigenvalue weighted by molar-refractivity contribution is 5.92. The number of nitrogens with zero attached hydrogens (tertiary/aromatic N) is 2. The zero-order valence-electron chi connectivity index (χ0n) is 14.5. The summed E-state index contributed by atoms with van der Waals surface area (Å²) in [4.78, 5) is 14.8. The number of carbonyl (C=O) groups is 1. The van der Waals surface area contributed by atoms with Crippen LogP contribution >= 0.6 is 0 Å². The Bertz CT molecular complexity index is 709. The van der Waals surface area contributed by atoms with Crippen molar-refractivity contribution < 1.29 is 9.90 Å². The molecule has 24 heavy (non-hydrogen) atoms. The number of H-pyrrole nitrogens is 1. The molecule has 1 aliphatic carbocycles. The van der Waals surface area contributed by atoms with Gasteiger partial charge in [0.2, 0.25) is 0 Å². The first-order valence-corrected chi connectivity index (χ1v) is 8.46. The van der Waals surface area contributed by atoms with Crippen molar-refractivity contribution >= 4 is 5.91 Å². The second kappa shape index (κ2) is 6.30. The standard InChI is InChI=1S/C19H25N3O2/c1-19(2,3)17-10-16(20-21-17)18(24)22(11-13-4-5-13)12-14-6-8-15(23)9-7-14/h6-10,13,23H,4-5,11-12H2,1-3H3,(H,20,21). The SMILES string of the molecule is CC(C)(C)c1cc(C(=O)N(Cc2ccc(O)cc2)CC2CC2)n[nH]1. The Morgan fingerprint density at radius 3 is 2.50 bits per heavy atom. The van der Waals surface area contributed by atoms with Crippen molar-refractivity contribution in [3.8, 4) is 5.75 Å². The van der Waals surface area contributed by atoms with Gasteiger partial charge >= 0.3 is 0 Å². The van der Waals surface area contributed by atoms with Crippen LogP contribution in [0.4, 0.5) is 0 Å². The van der Waals surface area contributed by atoms with Crippen LogP contribution in [0.3, 0.4) is 0 Å². The zero-order valence-corrected chi connectivity index (χ0v) is 14.5. The van der Waals surface area contributed by atoms with E-state index in [9.17, 15) is 9.90 Å². The number of aromatic hydroxyl groups is 1. The molecule has 5 heteroatoms. The minimum absolute atomic E-state index is 0.0401. The number of amides is 1. The molecule has 1 aliphatic rings. The number of hydrogen-bond acceptors (Lipinski definition) is 3. The number of benzene rings is 1. The van der Waals surface area contributed by atoms with Crippen molar-refractivity contribution in [3.63, 3.8) is 0 Å². The molecule has 0 radical (unpaired) electrons. The van der Waals surface area contributed by atoms with Gasteiger partial charge in [-0.05, 0) is 42.5 Å². The molecule has 0 spiro atoms. The number of aromatic nitrogens is 2. The first-order valence-electron chi connectivity index (χ1n) is 8.46. The zero-order chi connectivity index (χ0) is 17.3. The van der Waals surface area contributed by atoms with Crippen molar-refractivity contribution in [2.24, 2.45) is 5.92 Å². The molecule has 0 unspecified atom stereocenters. The molecular weight excluding hydrogens is 302 g/mol. The average Bonchev–Trinajstić information content (AvgIpc) is 3.18. The Kier molecular flexibility index (Phi) is 4.35. The predicted molar refractivity (Wildman–Crippen MR) is 92.9 cm³/mol. The third-order valence-electron chi connectivity index (χ3n) is 4.38. The van der Waals surface area contributed by atoms with Gasteiger partial charge in [-0.2, -0.15) is 5.10 Å². The molecule has 1 aromatic heterocycles. The number of phenolic OH excluding ortho intramolecular Hbond substituents is 1. The van der Waals surface area contributed by atoms with Crippen molar-refractivity contribution in [1.29, 1.82) is 0 Å². The van der Waals surface area contributed by atoms with Crippen LogP contribution in [0.2, 0.25) is 0 Å². The summed E-state index contributed by atoms with van der Waals surface area (Å²) in [6.07, 6.45) is 2.38. The van der Waals surface area contributed by atoms with Gasteiger partial charge in [0.15, 0.2) is 0 Å². The lowest BCUT2D eigenvalue weighted by molar-refractivity contribution is 0.0729. The van der Waals surface area contributed by atoms with Gasteiger partial charge in [-0.15, -0.1) is 0 Å². The summed E-state index contributed by atoms with van der Waals surface area (Å²) < 4.78 is 0. The first kappa shape index (κ1) is 16.6. The molecule has 0 saturated heterocycles. The van der Waals surface area contributed by atoms with Crippen LogP contribution in [0.5, 0.6) is 5.75 Å². The topological polar surface area (TPSA) is 69.2 Å². The van der Waals surface area contributed by atoms with Crippen LogP contribution < -0.4 is 0 Å². The molecule has 1 saturated carbocycles. The van der Waals surface area contributed by atoms with Crippen LogP contribution in [0.25, 0.3) is 0 Å². The fraction of sp³-hybridized carbons (Fsp3) is 0.474. The van der Waals surface area contributed by atoms with Gasteiger partial charge in [-0.1, -0.05) is 32.9 Å². The van der Waals surface area contributed by atoms with E-state index < -0.39 is 0 Å². The van der Waals surface area contributed by atoms with Crippen LogP contribution in [-0.4, -0.2) is 32.7 Å². The molecular formula is C19H25N3O2. The molecule has 2 aromatic rings.